The molecule has 0 aliphatic carbocycles. The van der Waals surface area contributed by atoms with Crippen LogP contribution in [0.15, 0.2) is 12.1 Å². The molecule has 0 aromatic heterocycles. The number of benzene rings is 1. The Kier molecular flexibility index (Phi) is 5.58. The first-order valence-electron chi connectivity index (χ1n) is 5.32. The van der Waals surface area contributed by atoms with Crippen molar-refractivity contribution in [2.45, 2.75) is 0 Å². The van der Waals surface area contributed by atoms with Gasteiger partial charge in [-0.3, -0.25) is 4.79 Å². The quantitative estimate of drug-likeness (QED) is 0.801. The molecule has 18 heavy (non-hydrogen) atoms. The van der Waals surface area contributed by atoms with Crippen molar-refractivity contribution < 1.29 is 19.0 Å². The van der Waals surface area contributed by atoms with Crippen LogP contribution in [0.1, 0.15) is 10.4 Å². The average Bonchev–Trinajstić information content (AvgIpc) is 2.42. The maximum Gasteiger partial charge on any atom is 0.255 e. The largest absolute Gasteiger partial charge is 0.496 e. The predicted molar refractivity (Wildman–Crippen MR) is 69.2 cm³/mol. The number of alkyl halides is 1. The second kappa shape index (κ2) is 6.96. The number of carbonyl (C=O) groups is 1. The van der Waals surface area contributed by atoms with E-state index in [0.717, 1.165) is 0 Å². The smallest absolute Gasteiger partial charge is 0.255 e. The Bertz CT molecular complexity index is 423. The van der Waals surface area contributed by atoms with E-state index in [1.807, 2.05) is 0 Å². The number of amides is 1. The lowest BCUT2D eigenvalue weighted by Crippen LogP contribution is -2.25. The summed E-state index contributed by atoms with van der Waals surface area (Å²) in [6.07, 6.45) is 0. The third kappa shape index (κ3) is 3.20. The van der Waals surface area contributed by atoms with Gasteiger partial charge in [0.1, 0.15) is 5.75 Å². The molecule has 0 atom stereocenters. The fraction of sp³-hybridized carbons (Fsp3) is 0.417. The van der Waals surface area contributed by atoms with Crippen LogP contribution in [-0.4, -0.2) is 39.7 Å². The van der Waals surface area contributed by atoms with Gasteiger partial charge in [0.25, 0.3) is 5.91 Å². The van der Waals surface area contributed by atoms with Crippen LogP contribution in [0.2, 0.25) is 0 Å². The highest BCUT2D eigenvalue weighted by Crippen LogP contribution is 2.34. The molecule has 1 aromatic rings. The van der Waals surface area contributed by atoms with Crippen LogP contribution in [0.3, 0.4) is 0 Å². The van der Waals surface area contributed by atoms with Gasteiger partial charge in [-0.05, 0) is 0 Å². The van der Waals surface area contributed by atoms with Gasteiger partial charge in [0, 0.05) is 24.6 Å². The standard InChI is InChI=1S/C12H16ClNO4/c1-16-9-7-11(18-3)10(17-2)6-8(9)12(15)14-5-4-13/h6-7H,4-5H2,1-3H3,(H,14,15). The Hall–Kier alpha value is -1.62. The molecule has 0 heterocycles. The summed E-state index contributed by atoms with van der Waals surface area (Å²) >= 11 is 5.52. The topological polar surface area (TPSA) is 56.8 Å². The van der Waals surface area contributed by atoms with Crippen molar-refractivity contribution in [3.63, 3.8) is 0 Å². The second-order valence-electron chi connectivity index (χ2n) is 3.35. The molecule has 0 aliphatic rings. The van der Waals surface area contributed by atoms with Crippen molar-refractivity contribution in [3.8, 4) is 17.2 Å². The van der Waals surface area contributed by atoms with Crippen molar-refractivity contribution in [1.82, 2.24) is 5.32 Å². The van der Waals surface area contributed by atoms with E-state index in [0.29, 0.717) is 35.2 Å². The molecule has 1 amide bonds. The minimum atomic E-state index is -0.270. The van der Waals surface area contributed by atoms with Crippen LogP contribution < -0.4 is 19.5 Å². The molecule has 0 fully saturated rings. The number of ether oxygens (including phenoxy) is 3. The van der Waals surface area contributed by atoms with Gasteiger partial charge in [-0.2, -0.15) is 0 Å². The number of nitrogens with one attached hydrogen (secondary N) is 1. The zero-order chi connectivity index (χ0) is 13.5. The normalized spacial score (nSPS) is 9.78. The molecule has 0 spiro atoms. The SMILES string of the molecule is COc1cc(OC)c(C(=O)NCCCl)cc1OC. The zero-order valence-electron chi connectivity index (χ0n) is 10.6. The van der Waals surface area contributed by atoms with Crippen molar-refractivity contribution in [2.24, 2.45) is 0 Å². The minimum Gasteiger partial charge on any atom is -0.496 e. The maximum absolute atomic E-state index is 11.9. The van der Waals surface area contributed by atoms with Gasteiger partial charge in [-0.15, -0.1) is 11.6 Å². The molecule has 1 aromatic carbocycles. The van der Waals surface area contributed by atoms with E-state index in [1.54, 1.807) is 12.1 Å². The number of methoxy groups -OCH3 is 3. The summed E-state index contributed by atoms with van der Waals surface area (Å²) in [4.78, 5) is 11.9. The fourth-order valence-electron chi connectivity index (χ4n) is 1.46. The third-order valence-electron chi connectivity index (χ3n) is 2.33. The number of hydrogen-bond donors (Lipinski definition) is 1. The summed E-state index contributed by atoms with van der Waals surface area (Å²) in [7, 11) is 4.51. The molecular weight excluding hydrogens is 258 g/mol. The van der Waals surface area contributed by atoms with Crippen LogP contribution in [-0.2, 0) is 0 Å². The fourth-order valence-corrected chi connectivity index (χ4v) is 1.56. The second-order valence-corrected chi connectivity index (χ2v) is 3.73. The highest BCUT2D eigenvalue weighted by molar-refractivity contribution is 6.18. The van der Waals surface area contributed by atoms with E-state index in [-0.39, 0.29) is 5.91 Å². The van der Waals surface area contributed by atoms with E-state index in [2.05, 4.69) is 5.32 Å². The van der Waals surface area contributed by atoms with Gasteiger partial charge in [-0.1, -0.05) is 0 Å². The summed E-state index contributed by atoms with van der Waals surface area (Å²) in [5, 5.41) is 2.66. The molecule has 1 rings (SSSR count). The molecular formula is C12H16ClNO4. The van der Waals surface area contributed by atoms with Gasteiger partial charge < -0.3 is 19.5 Å². The minimum absolute atomic E-state index is 0.270. The summed E-state index contributed by atoms with van der Waals surface area (Å²) in [5.74, 6) is 1.46. The lowest BCUT2D eigenvalue weighted by molar-refractivity contribution is 0.0952. The number of halogens is 1. The molecule has 6 heteroatoms. The van der Waals surface area contributed by atoms with Gasteiger partial charge in [0.2, 0.25) is 0 Å². The maximum atomic E-state index is 11.9. The summed E-state index contributed by atoms with van der Waals surface area (Å²) in [6.45, 7) is 0.387. The van der Waals surface area contributed by atoms with E-state index in [1.165, 1.54) is 21.3 Å². The van der Waals surface area contributed by atoms with Gasteiger partial charge >= 0.3 is 0 Å². The lowest BCUT2D eigenvalue weighted by Gasteiger charge is -2.13. The first kappa shape index (κ1) is 14.4. The van der Waals surface area contributed by atoms with E-state index in [9.17, 15) is 4.79 Å². The van der Waals surface area contributed by atoms with Crippen molar-refractivity contribution in [3.05, 3.63) is 17.7 Å². The molecule has 0 bridgehead atoms. The summed E-state index contributed by atoms with van der Waals surface area (Å²) in [5.41, 5.74) is 0.375. The van der Waals surface area contributed by atoms with Gasteiger partial charge in [-0.25, -0.2) is 0 Å². The summed E-state index contributed by atoms with van der Waals surface area (Å²) < 4.78 is 15.4. The molecule has 0 unspecified atom stereocenters. The number of hydrogen-bond acceptors (Lipinski definition) is 4. The van der Waals surface area contributed by atoms with Gasteiger partial charge in [0.05, 0.1) is 26.9 Å². The Morgan fingerprint density at radius 1 is 1.11 bits per heavy atom. The molecule has 0 radical (unpaired) electrons. The van der Waals surface area contributed by atoms with E-state index in [4.69, 9.17) is 25.8 Å². The van der Waals surface area contributed by atoms with Crippen LogP contribution in [0.5, 0.6) is 17.2 Å². The van der Waals surface area contributed by atoms with Crippen LogP contribution in [0.25, 0.3) is 0 Å². The first-order valence-corrected chi connectivity index (χ1v) is 5.85. The highest BCUT2D eigenvalue weighted by Gasteiger charge is 2.17. The number of carbonyl (C=O) groups excluding carboxylic acids is 1. The Morgan fingerprint density at radius 2 is 1.67 bits per heavy atom. The monoisotopic (exact) mass is 273 g/mol. The molecule has 1 N–H and O–H groups in total. The first-order chi connectivity index (χ1) is 8.67. The predicted octanol–water partition coefficient (Wildman–Crippen LogP) is 1.68. The van der Waals surface area contributed by atoms with E-state index >= 15 is 0 Å². The Labute approximate surface area is 111 Å². The van der Waals surface area contributed by atoms with Crippen molar-refractivity contribution >= 4 is 17.5 Å². The molecule has 0 saturated heterocycles. The van der Waals surface area contributed by atoms with Crippen LogP contribution in [0.4, 0.5) is 0 Å². The number of rotatable bonds is 6. The van der Waals surface area contributed by atoms with Crippen molar-refractivity contribution in [1.29, 1.82) is 0 Å². The zero-order valence-corrected chi connectivity index (χ0v) is 11.3. The molecule has 0 aliphatic heterocycles. The van der Waals surface area contributed by atoms with Gasteiger partial charge in [0.15, 0.2) is 11.5 Å². The summed E-state index contributed by atoms with van der Waals surface area (Å²) in [6, 6.07) is 3.18. The van der Waals surface area contributed by atoms with E-state index < -0.39 is 0 Å². The average molecular weight is 274 g/mol. The van der Waals surface area contributed by atoms with Crippen molar-refractivity contribution in [2.75, 3.05) is 33.8 Å². The molecule has 5 nitrogen and oxygen atoms in total. The Morgan fingerprint density at radius 3 is 2.17 bits per heavy atom. The van der Waals surface area contributed by atoms with Crippen LogP contribution in [0, 0.1) is 0 Å². The lowest BCUT2D eigenvalue weighted by atomic mass is 10.1. The van der Waals surface area contributed by atoms with Crippen LogP contribution >= 0.6 is 11.6 Å². The molecule has 0 saturated carbocycles. The molecule has 100 valence electrons. The highest BCUT2D eigenvalue weighted by atomic mass is 35.5. The third-order valence-corrected chi connectivity index (χ3v) is 2.52. The Balaban J connectivity index is 3.12.